The van der Waals surface area contributed by atoms with Crippen LogP contribution >= 0.6 is 0 Å². The minimum Gasteiger partial charge on any atom is -0.234 e. The van der Waals surface area contributed by atoms with E-state index >= 15 is 0 Å². The van der Waals surface area contributed by atoms with Gasteiger partial charge in [-0.3, -0.25) is 0 Å². The molecule has 0 unspecified atom stereocenters. The van der Waals surface area contributed by atoms with Gasteiger partial charge in [0.15, 0.2) is 0 Å². The monoisotopic (exact) mass is 475 g/mol. The number of aryl methyl sites for hydroxylation is 2. The minimum atomic E-state index is 1.23. The smallest absolute Gasteiger partial charge is 0.234 e. The molecule has 200 valence electrons. The molecule has 2 nitrogen and oxygen atoms in total. The molecule has 0 spiro atoms. The van der Waals surface area contributed by atoms with Gasteiger partial charge in [-0.2, -0.15) is 0 Å². The molecule has 0 fully saturated rings. The summed E-state index contributed by atoms with van der Waals surface area (Å²) in [6, 6.07) is 0. The van der Waals surface area contributed by atoms with Crippen molar-refractivity contribution < 1.29 is 4.57 Å². The van der Waals surface area contributed by atoms with Crippen molar-refractivity contribution in [3.05, 3.63) is 18.2 Å². The number of aromatic nitrogens is 2. The highest BCUT2D eigenvalue weighted by atomic mass is 15.1. The molecule has 0 atom stereocenters. The van der Waals surface area contributed by atoms with Gasteiger partial charge in [-0.05, 0) is 32.1 Å². The Kier molecular flexibility index (Phi) is 22.0. The van der Waals surface area contributed by atoms with Crippen molar-refractivity contribution in [2.75, 3.05) is 0 Å². The molecule has 0 N–H and O–H groups in total. The second kappa shape index (κ2) is 23.9. The van der Waals surface area contributed by atoms with Gasteiger partial charge in [0.25, 0.3) is 5.82 Å². The zero-order valence-electron chi connectivity index (χ0n) is 23.9. The molecule has 0 bridgehead atoms. The van der Waals surface area contributed by atoms with Crippen LogP contribution in [0.25, 0.3) is 0 Å². The third kappa shape index (κ3) is 16.8. The van der Waals surface area contributed by atoms with Gasteiger partial charge in [0.2, 0.25) is 0 Å². The molecule has 0 aromatic carbocycles. The quantitative estimate of drug-likeness (QED) is 0.0930. The highest BCUT2D eigenvalue weighted by Crippen LogP contribution is 2.13. The van der Waals surface area contributed by atoms with Crippen LogP contribution in [0, 0.1) is 0 Å². The number of nitrogens with zero attached hydrogens (tertiary/aromatic N) is 2. The second-order valence-corrected chi connectivity index (χ2v) is 10.9. The average Bonchev–Trinajstić information content (AvgIpc) is 3.23. The topological polar surface area (TPSA) is 8.81 Å². The van der Waals surface area contributed by atoms with Gasteiger partial charge in [-0.25, -0.2) is 9.13 Å². The number of hydrogen-bond donors (Lipinski definition) is 0. The van der Waals surface area contributed by atoms with Crippen LogP contribution in [0.15, 0.2) is 12.4 Å². The van der Waals surface area contributed by atoms with E-state index in [1.54, 1.807) is 5.82 Å². The summed E-state index contributed by atoms with van der Waals surface area (Å²) >= 11 is 0. The molecule has 0 aliphatic rings. The summed E-state index contributed by atoms with van der Waals surface area (Å²) in [6.45, 7) is 9.38. The maximum Gasteiger partial charge on any atom is 0.256 e. The van der Waals surface area contributed by atoms with Gasteiger partial charge in [-0.15, -0.1) is 0 Å². The fourth-order valence-electron chi connectivity index (χ4n) is 5.26. The summed E-state index contributed by atoms with van der Waals surface area (Å²) in [5, 5.41) is 0. The van der Waals surface area contributed by atoms with E-state index < -0.39 is 0 Å². The van der Waals surface area contributed by atoms with E-state index in [9.17, 15) is 0 Å². The molecule has 1 rings (SSSR count). The Morgan fingerprint density at radius 2 is 0.912 bits per heavy atom. The minimum absolute atomic E-state index is 1.23. The second-order valence-electron chi connectivity index (χ2n) is 10.9. The van der Waals surface area contributed by atoms with E-state index in [-0.39, 0.29) is 0 Å². The lowest BCUT2D eigenvalue weighted by Crippen LogP contribution is -2.37. The van der Waals surface area contributed by atoms with Crippen LogP contribution in [-0.4, -0.2) is 4.57 Å². The Hall–Kier alpha value is -0.790. The number of rotatable bonds is 26. The van der Waals surface area contributed by atoms with Crippen LogP contribution in [-0.2, 0) is 19.5 Å². The molecular formula is C32H63N2+. The average molecular weight is 476 g/mol. The lowest BCUT2D eigenvalue weighted by atomic mass is 10.1. The van der Waals surface area contributed by atoms with E-state index in [0.717, 1.165) is 0 Å². The van der Waals surface area contributed by atoms with Crippen molar-refractivity contribution in [1.29, 1.82) is 0 Å². The first kappa shape index (κ1) is 31.2. The normalized spacial score (nSPS) is 11.5. The third-order valence-corrected chi connectivity index (χ3v) is 7.60. The molecule has 0 amide bonds. The number of imidazole rings is 1. The molecule has 0 saturated carbocycles. The number of hydrogen-bond acceptors (Lipinski definition) is 0. The summed E-state index contributed by atoms with van der Waals surface area (Å²) in [4.78, 5) is 0. The largest absolute Gasteiger partial charge is 0.256 e. The van der Waals surface area contributed by atoms with Gasteiger partial charge in [0.1, 0.15) is 12.4 Å². The van der Waals surface area contributed by atoms with E-state index in [4.69, 9.17) is 0 Å². The molecule has 1 aromatic rings. The lowest BCUT2D eigenvalue weighted by molar-refractivity contribution is -0.704. The van der Waals surface area contributed by atoms with Gasteiger partial charge in [-0.1, -0.05) is 136 Å². The van der Waals surface area contributed by atoms with Crippen molar-refractivity contribution in [3.8, 4) is 0 Å². The Bertz CT molecular complexity index is 533. The standard InChI is InChI=1S/C32H63N2/c1-4-7-10-13-15-16-17-18-20-23-26-29-34-31-30-33(28-25-22-19-14-11-8-5-2)32(34)27-24-21-12-9-6-3/h30-31H,4-29H2,1-3H3/q+1. The predicted octanol–water partition coefficient (Wildman–Crippen LogP) is 10.4. The Balaban J connectivity index is 2.30. The van der Waals surface area contributed by atoms with Gasteiger partial charge in [0.05, 0.1) is 13.1 Å². The van der Waals surface area contributed by atoms with Crippen molar-refractivity contribution in [2.24, 2.45) is 0 Å². The zero-order chi connectivity index (χ0) is 24.5. The summed E-state index contributed by atoms with van der Waals surface area (Å²) in [6.07, 6.45) is 38.5. The van der Waals surface area contributed by atoms with Crippen LogP contribution in [0.1, 0.15) is 174 Å². The molecule has 0 saturated heterocycles. The highest BCUT2D eigenvalue weighted by Gasteiger charge is 2.16. The first-order chi connectivity index (χ1) is 16.8. The first-order valence-corrected chi connectivity index (χ1v) is 15.9. The molecule has 0 aliphatic carbocycles. The molecule has 0 aliphatic heterocycles. The molecule has 1 aromatic heterocycles. The lowest BCUT2D eigenvalue weighted by Gasteiger charge is -2.07. The van der Waals surface area contributed by atoms with Crippen molar-refractivity contribution in [3.63, 3.8) is 0 Å². The van der Waals surface area contributed by atoms with Gasteiger partial charge >= 0.3 is 0 Å². The van der Waals surface area contributed by atoms with Crippen LogP contribution < -0.4 is 4.57 Å². The summed E-state index contributed by atoms with van der Waals surface area (Å²) in [5.41, 5.74) is 0. The molecule has 34 heavy (non-hydrogen) atoms. The Morgan fingerprint density at radius 1 is 0.500 bits per heavy atom. The van der Waals surface area contributed by atoms with E-state index in [1.165, 1.54) is 167 Å². The van der Waals surface area contributed by atoms with Crippen LogP contribution in [0.5, 0.6) is 0 Å². The molecule has 2 heteroatoms. The molecule has 1 heterocycles. The summed E-state index contributed by atoms with van der Waals surface area (Å²) < 4.78 is 5.21. The fourth-order valence-corrected chi connectivity index (χ4v) is 5.26. The number of unbranched alkanes of at least 4 members (excludes halogenated alkanes) is 20. The maximum absolute atomic E-state index is 2.61. The van der Waals surface area contributed by atoms with Gasteiger partial charge in [0, 0.05) is 6.42 Å². The Labute approximate surface area is 215 Å². The summed E-state index contributed by atoms with van der Waals surface area (Å²) in [5.74, 6) is 1.61. The summed E-state index contributed by atoms with van der Waals surface area (Å²) in [7, 11) is 0. The van der Waals surface area contributed by atoms with Gasteiger partial charge < -0.3 is 0 Å². The predicted molar refractivity (Wildman–Crippen MR) is 152 cm³/mol. The molecule has 0 radical (unpaired) electrons. The SMILES string of the molecule is CCCCCCCCCCCCC[n+]1ccn(CCCCCCCCC)c1CCCCCCC. The highest BCUT2D eigenvalue weighted by molar-refractivity contribution is 4.84. The van der Waals surface area contributed by atoms with Crippen LogP contribution in [0.4, 0.5) is 0 Å². The zero-order valence-corrected chi connectivity index (χ0v) is 23.9. The van der Waals surface area contributed by atoms with E-state index in [1.807, 2.05) is 0 Å². The first-order valence-electron chi connectivity index (χ1n) is 15.9. The van der Waals surface area contributed by atoms with E-state index in [2.05, 4.69) is 42.3 Å². The van der Waals surface area contributed by atoms with Crippen molar-refractivity contribution in [2.45, 2.75) is 188 Å². The van der Waals surface area contributed by atoms with Crippen LogP contribution in [0.2, 0.25) is 0 Å². The maximum atomic E-state index is 2.61. The molecular weight excluding hydrogens is 412 g/mol. The van der Waals surface area contributed by atoms with E-state index in [0.29, 0.717) is 0 Å². The van der Waals surface area contributed by atoms with Crippen molar-refractivity contribution >= 4 is 0 Å². The third-order valence-electron chi connectivity index (χ3n) is 7.60. The van der Waals surface area contributed by atoms with Crippen molar-refractivity contribution in [1.82, 2.24) is 4.57 Å². The Morgan fingerprint density at radius 3 is 1.41 bits per heavy atom. The van der Waals surface area contributed by atoms with Crippen LogP contribution in [0.3, 0.4) is 0 Å². The fraction of sp³-hybridized carbons (Fsp3) is 0.906.